The number of pyridine rings is 1. The fourth-order valence-electron chi connectivity index (χ4n) is 1.93. The molecule has 0 unspecified atom stereocenters. The maximum Gasteiger partial charge on any atom is 0.417 e. The molecule has 2 N–H and O–H groups in total. The molecule has 2 aromatic rings. The first kappa shape index (κ1) is 18.1. The minimum absolute atomic E-state index is 0.0213. The van der Waals surface area contributed by atoms with Crippen molar-refractivity contribution in [2.75, 3.05) is 5.32 Å². The van der Waals surface area contributed by atoms with E-state index < -0.39 is 11.7 Å². The number of amides is 1. The van der Waals surface area contributed by atoms with Crippen LogP contribution in [0.1, 0.15) is 29.9 Å². The first-order valence-electron chi connectivity index (χ1n) is 7.07. The average Bonchev–Trinajstić information content (AvgIpc) is 2.48. The van der Waals surface area contributed by atoms with Crippen LogP contribution in [0.5, 0.6) is 0 Å². The molecule has 0 saturated carbocycles. The third-order valence-electron chi connectivity index (χ3n) is 2.98. The number of benzene rings is 1. The van der Waals surface area contributed by atoms with Crippen molar-refractivity contribution in [3.63, 3.8) is 0 Å². The quantitative estimate of drug-likeness (QED) is 0.838. The van der Waals surface area contributed by atoms with Gasteiger partial charge >= 0.3 is 6.18 Å². The molecule has 1 heterocycles. The number of rotatable bonds is 4. The summed E-state index contributed by atoms with van der Waals surface area (Å²) < 4.78 is 38.5. The summed E-state index contributed by atoms with van der Waals surface area (Å²) in [5.41, 5.74) is -0.0316. The fourth-order valence-corrected chi connectivity index (χ4v) is 2.15. The number of nitrogens with one attached hydrogen (secondary N) is 2. The van der Waals surface area contributed by atoms with E-state index in [1.807, 2.05) is 13.8 Å². The Bertz CT molecular complexity index is 730. The molecule has 0 atom stereocenters. The zero-order valence-electron chi connectivity index (χ0n) is 12.9. The largest absolute Gasteiger partial charge is 0.417 e. The second-order valence-electron chi connectivity index (χ2n) is 5.38. The lowest BCUT2D eigenvalue weighted by molar-refractivity contribution is -0.137. The number of carbonyl (C=O) groups excluding carboxylic acids is 1. The van der Waals surface area contributed by atoms with Gasteiger partial charge in [-0.25, -0.2) is 4.98 Å². The minimum Gasteiger partial charge on any atom is -0.354 e. The number of halogens is 4. The van der Waals surface area contributed by atoms with Gasteiger partial charge in [-0.3, -0.25) is 4.79 Å². The second kappa shape index (κ2) is 7.09. The van der Waals surface area contributed by atoms with Crippen LogP contribution in [0, 0.1) is 0 Å². The molecule has 0 aliphatic rings. The van der Waals surface area contributed by atoms with E-state index in [0.717, 1.165) is 6.07 Å². The van der Waals surface area contributed by atoms with Crippen molar-refractivity contribution in [2.45, 2.75) is 26.1 Å². The molecule has 1 amide bonds. The highest BCUT2D eigenvalue weighted by Gasteiger charge is 2.33. The number of alkyl halides is 3. The lowest BCUT2D eigenvalue weighted by Gasteiger charge is -2.12. The number of hydrogen-bond acceptors (Lipinski definition) is 3. The van der Waals surface area contributed by atoms with Gasteiger partial charge in [-0.1, -0.05) is 11.6 Å². The fraction of sp³-hybridized carbons (Fsp3) is 0.250. The molecule has 1 aromatic carbocycles. The molecular weight excluding hydrogens is 343 g/mol. The molecule has 128 valence electrons. The predicted molar refractivity (Wildman–Crippen MR) is 86.6 cm³/mol. The van der Waals surface area contributed by atoms with Gasteiger partial charge in [0, 0.05) is 11.7 Å². The van der Waals surface area contributed by atoms with Crippen molar-refractivity contribution in [1.82, 2.24) is 10.3 Å². The molecule has 4 nitrogen and oxygen atoms in total. The maximum atomic E-state index is 12.8. The van der Waals surface area contributed by atoms with Crippen LogP contribution in [0.25, 0.3) is 0 Å². The minimum atomic E-state index is -4.54. The van der Waals surface area contributed by atoms with Gasteiger partial charge in [0.05, 0.1) is 22.5 Å². The molecule has 2 rings (SSSR count). The molecule has 0 fully saturated rings. The van der Waals surface area contributed by atoms with Crippen LogP contribution in [-0.4, -0.2) is 16.9 Å². The molecule has 0 spiro atoms. The van der Waals surface area contributed by atoms with Crippen LogP contribution >= 0.6 is 11.6 Å². The van der Waals surface area contributed by atoms with Gasteiger partial charge in [-0.2, -0.15) is 13.2 Å². The Morgan fingerprint density at radius 1 is 1.17 bits per heavy atom. The first-order valence-corrected chi connectivity index (χ1v) is 7.45. The molecule has 0 aliphatic carbocycles. The Morgan fingerprint density at radius 2 is 1.83 bits per heavy atom. The lowest BCUT2D eigenvalue weighted by Crippen LogP contribution is -2.30. The molecule has 1 aromatic heterocycles. The van der Waals surface area contributed by atoms with Gasteiger partial charge in [0.1, 0.15) is 5.69 Å². The van der Waals surface area contributed by atoms with Crippen LogP contribution in [0.2, 0.25) is 5.02 Å². The van der Waals surface area contributed by atoms with Gasteiger partial charge < -0.3 is 10.6 Å². The van der Waals surface area contributed by atoms with E-state index >= 15 is 0 Å². The lowest BCUT2D eigenvalue weighted by atomic mass is 10.2. The van der Waals surface area contributed by atoms with E-state index in [9.17, 15) is 18.0 Å². The standard InChI is InChI=1S/C16H15ClF3N3O/c1-9(2)22-15(24)14-6-4-11(8-21-14)23-10-3-5-13(17)12(7-10)16(18,19)20/h3-9,23H,1-2H3,(H,22,24). The highest BCUT2D eigenvalue weighted by atomic mass is 35.5. The maximum absolute atomic E-state index is 12.8. The summed E-state index contributed by atoms with van der Waals surface area (Å²) in [6.45, 7) is 3.65. The van der Waals surface area contributed by atoms with Crippen molar-refractivity contribution in [3.8, 4) is 0 Å². The molecule has 24 heavy (non-hydrogen) atoms. The monoisotopic (exact) mass is 357 g/mol. The van der Waals surface area contributed by atoms with E-state index in [2.05, 4.69) is 15.6 Å². The highest BCUT2D eigenvalue weighted by Crippen LogP contribution is 2.36. The third kappa shape index (κ3) is 4.61. The van der Waals surface area contributed by atoms with Crippen LogP contribution in [0.3, 0.4) is 0 Å². The van der Waals surface area contributed by atoms with E-state index in [-0.39, 0.29) is 28.4 Å². The van der Waals surface area contributed by atoms with Crippen molar-refractivity contribution in [1.29, 1.82) is 0 Å². The van der Waals surface area contributed by atoms with Crippen LogP contribution in [0.15, 0.2) is 36.5 Å². The SMILES string of the molecule is CC(C)NC(=O)c1ccc(Nc2ccc(Cl)c(C(F)(F)F)c2)cn1. The van der Waals surface area contributed by atoms with Crippen LogP contribution in [-0.2, 0) is 6.18 Å². The Morgan fingerprint density at radius 3 is 2.38 bits per heavy atom. The summed E-state index contributed by atoms with van der Waals surface area (Å²) in [4.78, 5) is 15.8. The van der Waals surface area contributed by atoms with Gasteiger partial charge in [-0.15, -0.1) is 0 Å². The Hall–Kier alpha value is -2.28. The average molecular weight is 358 g/mol. The zero-order valence-corrected chi connectivity index (χ0v) is 13.7. The van der Waals surface area contributed by atoms with Gasteiger partial charge in [0.2, 0.25) is 0 Å². The van der Waals surface area contributed by atoms with E-state index in [1.165, 1.54) is 24.4 Å². The number of nitrogens with zero attached hydrogens (tertiary/aromatic N) is 1. The molecular formula is C16H15ClF3N3O. The summed E-state index contributed by atoms with van der Waals surface area (Å²) in [6, 6.07) is 6.54. The van der Waals surface area contributed by atoms with Gasteiger partial charge in [0.25, 0.3) is 5.91 Å². The molecule has 0 radical (unpaired) electrons. The molecule has 0 bridgehead atoms. The Labute approximate surface area is 142 Å². The third-order valence-corrected chi connectivity index (χ3v) is 3.31. The van der Waals surface area contributed by atoms with E-state index in [1.54, 1.807) is 6.07 Å². The molecule has 8 heteroatoms. The van der Waals surface area contributed by atoms with Crippen molar-refractivity contribution in [3.05, 3.63) is 52.8 Å². The van der Waals surface area contributed by atoms with Crippen molar-refractivity contribution >= 4 is 28.9 Å². The summed E-state index contributed by atoms with van der Waals surface area (Å²) >= 11 is 5.58. The second-order valence-corrected chi connectivity index (χ2v) is 5.78. The van der Waals surface area contributed by atoms with Crippen molar-refractivity contribution < 1.29 is 18.0 Å². The summed E-state index contributed by atoms with van der Waals surface area (Å²) in [5, 5.41) is 5.13. The number of aromatic nitrogens is 1. The van der Waals surface area contributed by atoms with Gasteiger partial charge in [0.15, 0.2) is 0 Å². The Balaban J connectivity index is 2.16. The van der Waals surface area contributed by atoms with E-state index in [4.69, 9.17) is 11.6 Å². The number of hydrogen-bond donors (Lipinski definition) is 2. The summed E-state index contributed by atoms with van der Waals surface area (Å²) in [5.74, 6) is -0.317. The van der Waals surface area contributed by atoms with Crippen molar-refractivity contribution in [2.24, 2.45) is 0 Å². The normalized spacial score (nSPS) is 11.5. The van der Waals surface area contributed by atoms with E-state index in [0.29, 0.717) is 5.69 Å². The highest BCUT2D eigenvalue weighted by molar-refractivity contribution is 6.31. The molecule has 0 saturated heterocycles. The molecule has 0 aliphatic heterocycles. The Kier molecular flexibility index (Phi) is 5.33. The zero-order chi connectivity index (χ0) is 17.9. The van der Waals surface area contributed by atoms with Crippen LogP contribution < -0.4 is 10.6 Å². The number of anilines is 2. The number of carbonyl (C=O) groups is 1. The smallest absolute Gasteiger partial charge is 0.354 e. The predicted octanol–water partition coefficient (Wildman–Crippen LogP) is 4.64. The topological polar surface area (TPSA) is 54.0 Å². The van der Waals surface area contributed by atoms with Crippen LogP contribution in [0.4, 0.5) is 24.5 Å². The van der Waals surface area contributed by atoms with Gasteiger partial charge in [-0.05, 0) is 44.2 Å². The summed E-state index contributed by atoms with van der Waals surface area (Å²) in [6.07, 6.45) is -3.16. The summed E-state index contributed by atoms with van der Waals surface area (Å²) in [7, 11) is 0. The first-order chi connectivity index (χ1) is 11.2.